The molecule has 3 rings (SSSR count). The smallest absolute Gasteiger partial charge is 0.343 e. The van der Waals surface area contributed by atoms with Gasteiger partial charge in [0.15, 0.2) is 0 Å². The summed E-state index contributed by atoms with van der Waals surface area (Å²) in [6.07, 6.45) is 2.44. The number of phenols is 1. The Balaban J connectivity index is 1.65. The van der Waals surface area contributed by atoms with Crippen molar-refractivity contribution in [1.82, 2.24) is 0 Å². The highest BCUT2D eigenvalue weighted by Crippen LogP contribution is 2.25. The molecule has 0 amide bonds. The summed E-state index contributed by atoms with van der Waals surface area (Å²) in [5.74, 6) is 1.07. The van der Waals surface area contributed by atoms with Gasteiger partial charge in [0.25, 0.3) is 0 Å². The zero-order chi connectivity index (χ0) is 21.3. The molecule has 0 bridgehead atoms. The molecule has 0 aliphatic rings. The lowest BCUT2D eigenvalue weighted by Gasteiger charge is -2.08. The third kappa shape index (κ3) is 5.61. The van der Waals surface area contributed by atoms with Gasteiger partial charge in [0.2, 0.25) is 0 Å². The molecule has 0 saturated carbocycles. The van der Waals surface area contributed by atoms with Crippen LogP contribution in [0.4, 0.5) is 5.69 Å². The van der Waals surface area contributed by atoms with Gasteiger partial charge in [-0.3, -0.25) is 4.99 Å². The fraction of sp³-hybridized carbons (Fsp3) is 0.167. The Morgan fingerprint density at radius 1 is 1.00 bits per heavy atom. The van der Waals surface area contributed by atoms with Gasteiger partial charge in [-0.15, -0.1) is 0 Å². The Morgan fingerprint density at radius 2 is 1.77 bits per heavy atom. The number of benzene rings is 3. The van der Waals surface area contributed by atoms with E-state index in [9.17, 15) is 9.90 Å². The normalized spacial score (nSPS) is 10.7. The Kier molecular flexibility index (Phi) is 7.05. The van der Waals surface area contributed by atoms with E-state index in [2.05, 4.69) is 4.99 Å². The number of hydrogen-bond acceptors (Lipinski definition) is 6. The Morgan fingerprint density at radius 3 is 2.47 bits per heavy atom. The molecule has 3 aromatic rings. The average molecular weight is 405 g/mol. The van der Waals surface area contributed by atoms with Crippen LogP contribution in [0, 0.1) is 0 Å². The fourth-order valence-electron chi connectivity index (χ4n) is 2.60. The molecule has 0 saturated heterocycles. The number of rotatable bonds is 8. The highest BCUT2D eigenvalue weighted by Gasteiger charge is 2.10. The van der Waals surface area contributed by atoms with Crippen molar-refractivity contribution in [2.45, 2.75) is 13.3 Å². The van der Waals surface area contributed by atoms with Crippen molar-refractivity contribution in [2.24, 2.45) is 4.99 Å². The summed E-state index contributed by atoms with van der Waals surface area (Å²) in [5, 5.41) is 10.2. The highest BCUT2D eigenvalue weighted by molar-refractivity contribution is 5.91. The maximum absolute atomic E-state index is 12.3. The van der Waals surface area contributed by atoms with Crippen LogP contribution in [0.1, 0.15) is 29.3 Å². The molecule has 154 valence electrons. The van der Waals surface area contributed by atoms with Gasteiger partial charge in [-0.1, -0.05) is 13.0 Å². The van der Waals surface area contributed by atoms with Gasteiger partial charge in [-0.2, -0.15) is 0 Å². The predicted octanol–water partition coefficient (Wildman–Crippen LogP) is 5.16. The number of phenolic OH excluding ortho intramolecular Hbond substituents is 1. The van der Waals surface area contributed by atoms with Crippen LogP contribution < -0.4 is 14.2 Å². The zero-order valence-corrected chi connectivity index (χ0v) is 16.9. The van der Waals surface area contributed by atoms with Gasteiger partial charge in [0.1, 0.15) is 23.0 Å². The first-order chi connectivity index (χ1) is 14.6. The van der Waals surface area contributed by atoms with Crippen molar-refractivity contribution in [3.8, 4) is 23.0 Å². The number of hydrogen-bond donors (Lipinski definition) is 1. The van der Waals surface area contributed by atoms with Crippen molar-refractivity contribution in [3.05, 3.63) is 77.9 Å². The molecular weight excluding hydrogens is 382 g/mol. The van der Waals surface area contributed by atoms with E-state index in [0.717, 1.165) is 6.42 Å². The molecule has 0 atom stereocenters. The van der Waals surface area contributed by atoms with Crippen LogP contribution in [0.2, 0.25) is 0 Å². The highest BCUT2D eigenvalue weighted by atomic mass is 16.5. The topological polar surface area (TPSA) is 77.4 Å². The summed E-state index contributed by atoms with van der Waals surface area (Å²) in [7, 11) is 1.59. The lowest BCUT2D eigenvalue weighted by molar-refractivity contribution is 0.0734. The van der Waals surface area contributed by atoms with Gasteiger partial charge in [-0.05, 0) is 55.0 Å². The van der Waals surface area contributed by atoms with Crippen LogP contribution >= 0.6 is 0 Å². The van der Waals surface area contributed by atoms with Crippen molar-refractivity contribution >= 4 is 17.9 Å². The second kappa shape index (κ2) is 10.1. The minimum Gasteiger partial charge on any atom is -0.507 e. The number of aliphatic imine (C=N–C) groups is 1. The first-order valence-corrected chi connectivity index (χ1v) is 9.55. The van der Waals surface area contributed by atoms with Gasteiger partial charge in [-0.25, -0.2) is 4.79 Å². The predicted molar refractivity (Wildman–Crippen MR) is 116 cm³/mol. The van der Waals surface area contributed by atoms with Crippen molar-refractivity contribution in [1.29, 1.82) is 0 Å². The largest absolute Gasteiger partial charge is 0.507 e. The van der Waals surface area contributed by atoms with Crippen LogP contribution in [0.25, 0.3) is 0 Å². The second-order valence-corrected chi connectivity index (χ2v) is 6.44. The SMILES string of the molecule is CCCOc1ccc(C(=O)Oc2ccc(C=Nc3cccc(OC)c3)c(O)c2)cc1. The Hall–Kier alpha value is -3.80. The van der Waals surface area contributed by atoms with Crippen LogP contribution in [0.15, 0.2) is 71.7 Å². The average Bonchev–Trinajstić information content (AvgIpc) is 2.77. The molecule has 0 aromatic heterocycles. The van der Waals surface area contributed by atoms with E-state index in [1.165, 1.54) is 12.3 Å². The summed E-state index contributed by atoms with van der Waals surface area (Å²) in [5.41, 5.74) is 1.58. The second-order valence-electron chi connectivity index (χ2n) is 6.44. The quantitative estimate of drug-likeness (QED) is 0.318. The molecule has 0 aliphatic heterocycles. The zero-order valence-electron chi connectivity index (χ0n) is 16.9. The van der Waals surface area contributed by atoms with Gasteiger partial charge in [0.05, 0.1) is 25.0 Å². The standard InChI is InChI=1S/C24H23NO5/c1-3-13-29-20-10-7-17(8-11-20)24(27)30-22-12-9-18(23(26)15-22)16-25-19-5-4-6-21(14-19)28-2/h4-12,14-16,26H,3,13H2,1-2H3. The summed E-state index contributed by atoms with van der Waals surface area (Å²) < 4.78 is 16.0. The van der Waals surface area contributed by atoms with E-state index in [0.29, 0.717) is 34.9 Å². The molecule has 6 heteroatoms. The van der Waals surface area contributed by atoms with Gasteiger partial charge < -0.3 is 19.3 Å². The monoisotopic (exact) mass is 405 g/mol. The van der Waals surface area contributed by atoms with Gasteiger partial charge >= 0.3 is 5.97 Å². The molecule has 0 unspecified atom stereocenters. The lowest BCUT2D eigenvalue weighted by atomic mass is 10.2. The number of methoxy groups -OCH3 is 1. The summed E-state index contributed by atoms with van der Waals surface area (Å²) in [6.45, 7) is 2.65. The molecule has 30 heavy (non-hydrogen) atoms. The fourth-order valence-corrected chi connectivity index (χ4v) is 2.60. The molecule has 1 N–H and O–H groups in total. The van der Waals surface area contributed by atoms with Gasteiger partial charge in [0, 0.05) is 23.9 Å². The maximum Gasteiger partial charge on any atom is 0.343 e. The molecule has 0 spiro atoms. The summed E-state index contributed by atoms with van der Waals surface area (Å²) >= 11 is 0. The number of ether oxygens (including phenoxy) is 3. The molecular formula is C24H23NO5. The molecule has 0 radical (unpaired) electrons. The van der Waals surface area contributed by atoms with Crippen LogP contribution in [-0.2, 0) is 0 Å². The van der Waals surface area contributed by atoms with Crippen LogP contribution in [0.3, 0.4) is 0 Å². The maximum atomic E-state index is 12.3. The van der Waals surface area contributed by atoms with Crippen molar-refractivity contribution in [3.63, 3.8) is 0 Å². The van der Waals surface area contributed by atoms with Crippen molar-refractivity contribution < 1.29 is 24.1 Å². The third-order valence-corrected chi connectivity index (χ3v) is 4.18. The molecule has 0 aliphatic carbocycles. The minimum absolute atomic E-state index is 0.0461. The van der Waals surface area contributed by atoms with E-state index < -0.39 is 5.97 Å². The van der Waals surface area contributed by atoms with Crippen LogP contribution in [-0.4, -0.2) is 31.0 Å². The van der Waals surface area contributed by atoms with E-state index >= 15 is 0 Å². The third-order valence-electron chi connectivity index (χ3n) is 4.18. The first-order valence-electron chi connectivity index (χ1n) is 9.55. The number of nitrogens with zero attached hydrogens (tertiary/aromatic N) is 1. The lowest BCUT2D eigenvalue weighted by Crippen LogP contribution is -2.08. The van der Waals surface area contributed by atoms with E-state index in [1.54, 1.807) is 49.6 Å². The first kappa shape index (κ1) is 20.9. The van der Waals surface area contributed by atoms with E-state index in [4.69, 9.17) is 14.2 Å². The summed E-state index contributed by atoms with van der Waals surface area (Å²) in [4.78, 5) is 16.7. The molecule has 6 nitrogen and oxygen atoms in total. The molecule has 0 fully saturated rings. The van der Waals surface area contributed by atoms with E-state index in [1.807, 2.05) is 25.1 Å². The number of aromatic hydroxyl groups is 1. The number of carbonyl (C=O) groups is 1. The van der Waals surface area contributed by atoms with Crippen molar-refractivity contribution in [2.75, 3.05) is 13.7 Å². The number of esters is 1. The minimum atomic E-state index is -0.519. The summed E-state index contributed by atoms with van der Waals surface area (Å²) in [6, 6.07) is 18.6. The van der Waals surface area contributed by atoms with Crippen LogP contribution in [0.5, 0.6) is 23.0 Å². The molecule has 0 heterocycles. The Bertz CT molecular complexity index is 1030. The van der Waals surface area contributed by atoms with E-state index in [-0.39, 0.29) is 11.5 Å². The Labute approximate surface area is 175 Å². The number of carbonyl (C=O) groups excluding carboxylic acids is 1. The molecule has 3 aromatic carbocycles.